The first-order valence-electron chi connectivity index (χ1n) is 7.97. The predicted molar refractivity (Wildman–Crippen MR) is 96.2 cm³/mol. The Labute approximate surface area is 145 Å². The molecule has 0 spiro atoms. The third kappa shape index (κ3) is 3.00. The number of ether oxygens (including phenoxy) is 1. The Morgan fingerprint density at radius 1 is 1.17 bits per heavy atom. The molecule has 0 saturated carbocycles. The topological polar surface area (TPSA) is 29.5 Å². The van der Waals surface area contributed by atoms with Crippen molar-refractivity contribution in [2.75, 3.05) is 18.1 Å². The van der Waals surface area contributed by atoms with Crippen LogP contribution in [0, 0.1) is 0 Å². The van der Waals surface area contributed by atoms with E-state index in [-0.39, 0.29) is 11.8 Å². The fourth-order valence-electron chi connectivity index (χ4n) is 3.20. The molecule has 0 saturated heterocycles. The molecular weight excluding hydrogens is 354 g/mol. The molecule has 0 aliphatic carbocycles. The number of hydrogen-bond acceptors (Lipinski definition) is 2. The van der Waals surface area contributed by atoms with Crippen LogP contribution in [0.25, 0.3) is 0 Å². The van der Waals surface area contributed by atoms with Gasteiger partial charge in [-0.2, -0.15) is 0 Å². The first-order chi connectivity index (χ1) is 11.2. The summed E-state index contributed by atoms with van der Waals surface area (Å²) in [5, 5.41) is 0. The summed E-state index contributed by atoms with van der Waals surface area (Å²) < 4.78 is 6.72. The fraction of sp³-hybridized carbons (Fsp3) is 0.316. The highest BCUT2D eigenvalue weighted by Gasteiger charge is 2.36. The van der Waals surface area contributed by atoms with Crippen molar-refractivity contribution in [3.05, 3.63) is 58.1 Å². The number of amides is 1. The van der Waals surface area contributed by atoms with E-state index >= 15 is 0 Å². The van der Waals surface area contributed by atoms with Crippen molar-refractivity contribution in [1.82, 2.24) is 0 Å². The zero-order valence-corrected chi connectivity index (χ0v) is 15.0. The van der Waals surface area contributed by atoms with Crippen molar-refractivity contribution < 1.29 is 9.53 Å². The Morgan fingerprint density at radius 3 is 2.70 bits per heavy atom. The summed E-state index contributed by atoms with van der Waals surface area (Å²) in [6.07, 6.45) is 0.662. The Hall–Kier alpha value is -1.81. The molecule has 1 aliphatic heterocycles. The molecule has 0 aromatic heterocycles. The SMILES string of the molecule is CCOc1ccccc1C[C@@H]1C(=O)N(CC)c2ccc(Br)cc21. The van der Waals surface area contributed by atoms with Crippen LogP contribution in [0.2, 0.25) is 0 Å². The minimum absolute atomic E-state index is 0.149. The van der Waals surface area contributed by atoms with Gasteiger partial charge >= 0.3 is 0 Å². The number of para-hydroxylation sites is 1. The number of rotatable bonds is 5. The number of halogens is 1. The van der Waals surface area contributed by atoms with Crippen molar-refractivity contribution in [3.63, 3.8) is 0 Å². The molecule has 2 aromatic rings. The lowest BCUT2D eigenvalue weighted by Crippen LogP contribution is -2.29. The second-order valence-electron chi connectivity index (χ2n) is 5.58. The van der Waals surface area contributed by atoms with Gasteiger partial charge in [0, 0.05) is 16.7 Å². The molecule has 1 atom stereocenters. The Morgan fingerprint density at radius 2 is 1.96 bits per heavy atom. The number of anilines is 1. The van der Waals surface area contributed by atoms with E-state index in [4.69, 9.17) is 4.74 Å². The van der Waals surface area contributed by atoms with Gasteiger partial charge in [0.25, 0.3) is 0 Å². The smallest absolute Gasteiger partial charge is 0.234 e. The van der Waals surface area contributed by atoms with Gasteiger partial charge in [-0.3, -0.25) is 4.79 Å². The van der Waals surface area contributed by atoms with E-state index in [0.717, 1.165) is 27.0 Å². The van der Waals surface area contributed by atoms with Crippen LogP contribution in [0.15, 0.2) is 46.9 Å². The Bertz CT molecular complexity index is 729. The normalized spacial score (nSPS) is 16.6. The standard InChI is InChI=1S/C19H20BrNO2/c1-3-21-17-10-9-14(20)12-15(17)16(19(21)22)11-13-7-5-6-8-18(13)23-4-2/h5-10,12,16H,3-4,11H2,1-2H3/t16-/m0/s1. The maximum atomic E-state index is 12.8. The molecule has 2 aromatic carbocycles. The molecule has 23 heavy (non-hydrogen) atoms. The Balaban J connectivity index is 1.98. The Kier molecular flexibility index (Phi) is 4.71. The highest BCUT2D eigenvalue weighted by atomic mass is 79.9. The lowest BCUT2D eigenvalue weighted by Gasteiger charge is -2.16. The molecule has 120 valence electrons. The van der Waals surface area contributed by atoms with Crippen LogP contribution in [0.1, 0.15) is 30.9 Å². The molecule has 0 N–H and O–H groups in total. The average Bonchev–Trinajstić information content (AvgIpc) is 2.81. The largest absolute Gasteiger partial charge is 0.494 e. The van der Waals surface area contributed by atoms with Crippen LogP contribution in [-0.4, -0.2) is 19.1 Å². The van der Waals surface area contributed by atoms with Crippen LogP contribution in [0.4, 0.5) is 5.69 Å². The van der Waals surface area contributed by atoms with E-state index in [0.29, 0.717) is 19.6 Å². The van der Waals surface area contributed by atoms with Gasteiger partial charge in [-0.05, 0) is 55.7 Å². The van der Waals surface area contributed by atoms with Gasteiger partial charge < -0.3 is 9.64 Å². The first kappa shape index (κ1) is 16.1. The van der Waals surface area contributed by atoms with Gasteiger partial charge in [-0.15, -0.1) is 0 Å². The summed E-state index contributed by atoms with van der Waals surface area (Å²) in [5.74, 6) is 0.894. The fourth-order valence-corrected chi connectivity index (χ4v) is 3.58. The van der Waals surface area contributed by atoms with E-state index in [1.54, 1.807) is 0 Å². The molecule has 0 fully saturated rings. The number of likely N-dealkylation sites (N-methyl/N-ethyl adjacent to an activating group) is 1. The number of carbonyl (C=O) groups is 1. The predicted octanol–water partition coefficient (Wildman–Crippen LogP) is 4.54. The van der Waals surface area contributed by atoms with E-state index < -0.39 is 0 Å². The number of benzene rings is 2. The summed E-state index contributed by atoms with van der Waals surface area (Å²) in [6.45, 7) is 5.30. The van der Waals surface area contributed by atoms with E-state index in [2.05, 4.69) is 22.0 Å². The lowest BCUT2D eigenvalue weighted by molar-refractivity contribution is -0.119. The quantitative estimate of drug-likeness (QED) is 0.769. The second-order valence-corrected chi connectivity index (χ2v) is 6.50. The summed E-state index contributed by atoms with van der Waals surface area (Å²) in [6, 6.07) is 14.1. The van der Waals surface area contributed by atoms with Crippen LogP contribution < -0.4 is 9.64 Å². The highest BCUT2D eigenvalue weighted by Crippen LogP contribution is 2.41. The number of nitrogens with zero attached hydrogens (tertiary/aromatic N) is 1. The van der Waals surface area contributed by atoms with Crippen molar-refractivity contribution in [1.29, 1.82) is 0 Å². The molecule has 0 radical (unpaired) electrons. The van der Waals surface area contributed by atoms with Gasteiger partial charge in [0.05, 0.1) is 12.5 Å². The van der Waals surface area contributed by atoms with E-state index in [9.17, 15) is 4.79 Å². The maximum absolute atomic E-state index is 12.8. The average molecular weight is 374 g/mol. The molecular formula is C19H20BrNO2. The summed E-state index contributed by atoms with van der Waals surface area (Å²) in [5.41, 5.74) is 3.20. The highest BCUT2D eigenvalue weighted by molar-refractivity contribution is 9.10. The van der Waals surface area contributed by atoms with Gasteiger partial charge in [-0.25, -0.2) is 0 Å². The van der Waals surface area contributed by atoms with Crippen molar-refractivity contribution in [3.8, 4) is 5.75 Å². The molecule has 1 aliphatic rings. The van der Waals surface area contributed by atoms with Crippen molar-refractivity contribution in [2.24, 2.45) is 0 Å². The zero-order valence-electron chi connectivity index (χ0n) is 13.4. The van der Waals surface area contributed by atoms with Crippen LogP contribution in [0.3, 0.4) is 0 Å². The molecule has 4 heteroatoms. The third-order valence-corrected chi connectivity index (χ3v) is 4.73. The number of fused-ring (bicyclic) bond motifs is 1. The number of carbonyl (C=O) groups excluding carboxylic acids is 1. The van der Waals surface area contributed by atoms with Gasteiger partial charge in [-0.1, -0.05) is 34.1 Å². The number of hydrogen-bond donors (Lipinski definition) is 0. The van der Waals surface area contributed by atoms with Gasteiger partial charge in [0.2, 0.25) is 5.91 Å². The molecule has 3 nitrogen and oxygen atoms in total. The summed E-state index contributed by atoms with van der Waals surface area (Å²) in [7, 11) is 0. The molecule has 1 amide bonds. The van der Waals surface area contributed by atoms with E-state index in [1.165, 1.54) is 0 Å². The third-order valence-electron chi connectivity index (χ3n) is 4.23. The maximum Gasteiger partial charge on any atom is 0.234 e. The second kappa shape index (κ2) is 6.75. The van der Waals surface area contributed by atoms with Crippen molar-refractivity contribution in [2.45, 2.75) is 26.2 Å². The molecule has 0 unspecified atom stereocenters. The first-order valence-corrected chi connectivity index (χ1v) is 8.76. The summed E-state index contributed by atoms with van der Waals surface area (Å²) in [4.78, 5) is 14.7. The summed E-state index contributed by atoms with van der Waals surface area (Å²) >= 11 is 3.52. The van der Waals surface area contributed by atoms with Crippen molar-refractivity contribution >= 4 is 27.5 Å². The minimum Gasteiger partial charge on any atom is -0.494 e. The van der Waals surface area contributed by atoms with Gasteiger partial charge in [0.1, 0.15) is 5.75 Å². The van der Waals surface area contributed by atoms with Crippen LogP contribution in [0.5, 0.6) is 5.75 Å². The van der Waals surface area contributed by atoms with E-state index in [1.807, 2.05) is 55.1 Å². The van der Waals surface area contributed by atoms with Gasteiger partial charge in [0.15, 0.2) is 0 Å². The van der Waals surface area contributed by atoms with Crippen LogP contribution in [-0.2, 0) is 11.2 Å². The molecule has 3 rings (SSSR count). The van der Waals surface area contributed by atoms with Crippen LogP contribution >= 0.6 is 15.9 Å². The minimum atomic E-state index is -0.149. The molecule has 1 heterocycles. The monoisotopic (exact) mass is 373 g/mol. The zero-order chi connectivity index (χ0) is 16.4. The lowest BCUT2D eigenvalue weighted by atomic mass is 9.93. The molecule has 0 bridgehead atoms.